The number of carbonyl (C=O) groups excluding carboxylic acids is 2. The normalized spacial score (nSPS) is 10.7. The molecule has 1 aromatic heterocycles. The fraction of sp³-hybridized carbons (Fsp3) is 0.125. The Morgan fingerprint density at radius 3 is 2.69 bits per heavy atom. The molecule has 0 atom stereocenters. The molecule has 32 heavy (non-hydrogen) atoms. The first-order chi connectivity index (χ1) is 15.5. The first-order valence-electron chi connectivity index (χ1n) is 9.85. The number of methoxy groups -OCH3 is 1. The van der Waals surface area contributed by atoms with Crippen molar-refractivity contribution in [1.82, 2.24) is 4.98 Å². The van der Waals surface area contributed by atoms with Crippen molar-refractivity contribution >= 4 is 55.9 Å². The minimum absolute atomic E-state index is 0.143. The van der Waals surface area contributed by atoms with E-state index in [4.69, 9.17) is 4.74 Å². The molecule has 3 aromatic carbocycles. The highest BCUT2D eigenvalue weighted by Crippen LogP contribution is 2.29. The number of thiazole rings is 1. The number of fused-ring (bicyclic) bond motifs is 1. The van der Waals surface area contributed by atoms with Gasteiger partial charge in [0.15, 0.2) is 5.13 Å². The third kappa shape index (κ3) is 5.46. The lowest BCUT2D eigenvalue weighted by molar-refractivity contribution is -0.113. The fourth-order valence-electron chi connectivity index (χ4n) is 3.04. The molecule has 6 nitrogen and oxygen atoms in total. The van der Waals surface area contributed by atoms with Crippen LogP contribution in [-0.2, 0) is 4.79 Å². The van der Waals surface area contributed by atoms with Crippen molar-refractivity contribution in [3.05, 3.63) is 77.9 Å². The van der Waals surface area contributed by atoms with Gasteiger partial charge in [0, 0.05) is 16.1 Å². The number of hydrogen-bond acceptors (Lipinski definition) is 6. The highest BCUT2D eigenvalue weighted by atomic mass is 32.2. The first kappa shape index (κ1) is 21.9. The summed E-state index contributed by atoms with van der Waals surface area (Å²) >= 11 is 2.80. The van der Waals surface area contributed by atoms with E-state index < -0.39 is 0 Å². The predicted octanol–water partition coefficient (Wildman–Crippen LogP) is 5.60. The van der Waals surface area contributed by atoms with Gasteiger partial charge in [0.05, 0.1) is 23.1 Å². The summed E-state index contributed by atoms with van der Waals surface area (Å²) in [6, 6.07) is 20.5. The molecule has 4 rings (SSSR count). The van der Waals surface area contributed by atoms with Gasteiger partial charge in [0.25, 0.3) is 5.91 Å². The van der Waals surface area contributed by atoms with Crippen molar-refractivity contribution in [2.75, 3.05) is 23.5 Å². The molecule has 0 unspecified atom stereocenters. The van der Waals surface area contributed by atoms with Crippen molar-refractivity contribution in [2.45, 2.75) is 11.8 Å². The van der Waals surface area contributed by atoms with Gasteiger partial charge in [0.1, 0.15) is 5.75 Å². The first-order valence-corrected chi connectivity index (χ1v) is 11.7. The maximum atomic E-state index is 12.5. The van der Waals surface area contributed by atoms with Crippen LogP contribution in [0.3, 0.4) is 0 Å². The van der Waals surface area contributed by atoms with Crippen LogP contribution in [-0.4, -0.2) is 29.7 Å². The molecule has 0 saturated carbocycles. The number of aromatic nitrogens is 1. The van der Waals surface area contributed by atoms with Gasteiger partial charge >= 0.3 is 0 Å². The highest BCUT2D eigenvalue weighted by molar-refractivity contribution is 8.00. The standard InChI is InChI=1S/C24H21N3O3S2/c1-15-5-3-6-16(11-15)23(29)25-17-7-4-8-19(12-17)31-14-22(28)27-24-26-20-10-9-18(30-2)13-21(20)32-24/h3-13H,14H2,1-2H3,(H,25,29)(H,26,27,28). The highest BCUT2D eigenvalue weighted by Gasteiger charge is 2.10. The molecular weight excluding hydrogens is 442 g/mol. The number of carbonyl (C=O) groups is 2. The summed E-state index contributed by atoms with van der Waals surface area (Å²) in [4.78, 5) is 30.2. The Bertz CT molecular complexity index is 1290. The van der Waals surface area contributed by atoms with E-state index in [2.05, 4.69) is 15.6 Å². The van der Waals surface area contributed by atoms with E-state index in [0.29, 0.717) is 16.4 Å². The zero-order valence-electron chi connectivity index (χ0n) is 17.5. The third-order valence-electron chi connectivity index (χ3n) is 4.58. The van der Waals surface area contributed by atoms with E-state index in [1.165, 1.54) is 23.1 Å². The summed E-state index contributed by atoms with van der Waals surface area (Å²) in [7, 11) is 1.62. The van der Waals surface area contributed by atoms with E-state index >= 15 is 0 Å². The number of aryl methyl sites for hydroxylation is 1. The number of ether oxygens (including phenoxy) is 1. The average molecular weight is 464 g/mol. The minimum Gasteiger partial charge on any atom is -0.497 e. The van der Waals surface area contributed by atoms with Crippen LogP contribution in [0.2, 0.25) is 0 Å². The number of hydrogen-bond donors (Lipinski definition) is 2. The van der Waals surface area contributed by atoms with Crippen LogP contribution in [0, 0.1) is 6.92 Å². The number of nitrogens with zero attached hydrogens (tertiary/aromatic N) is 1. The van der Waals surface area contributed by atoms with Gasteiger partial charge < -0.3 is 15.4 Å². The number of benzene rings is 3. The second-order valence-corrected chi connectivity index (χ2v) is 9.12. The fourth-order valence-corrected chi connectivity index (χ4v) is 4.71. The maximum absolute atomic E-state index is 12.5. The van der Waals surface area contributed by atoms with Crippen molar-refractivity contribution < 1.29 is 14.3 Å². The molecule has 1 heterocycles. The SMILES string of the molecule is COc1ccc2nc(NC(=O)CSc3cccc(NC(=O)c4cccc(C)c4)c3)sc2c1. The molecule has 0 aliphatic rings. The second-order valence-electron chi connectivity index (χ2n) is 7.04. The van der Waals surface area contributed by atoms with Crippen molar-refractivity contribution in [3.63, 3.8) is 0 Å². The molecule has 8 heteroatoms. The molecule has 0 radical (unpaired) electrons. The summed E-state index contributed by atoms with van der Waals surface area (Å²) in [5, 5.41) is 6.31. The quantitative estimate of drug-likeness (QED) is 0.349. The number of rotatable bonds is 7. The van der Waals surface area contributed by atoms with Crippen LogP contribution < -0.4 is 15.4 Å². The number of anilines is 2. The molecule has 4 aromatic rings. The molecule has 0 saturated heterocycles. The molecule has 2 amide bonds. The van der Waals surface area contributed by atoms with Crippen molar-refractivity contribution in [3.8, 4) is 5.75 Å². The number of nitrogens with one attached hydrogen (secondary N) is 2. The van der Waals surface area contributed by atoms with Gasteiger partial charge in [-0.25, -0.2) is 4.98 Å². The summed E-state index contributed by atoms with van der Waals surface area (Å²) in [5.41, 5.74) is 3.13. The monoisotopic (exact) mass is 463 g/mol. The van der Waals surface area contributed by atoms with Gasteiger partial charge in [-0.1, -0.05) is 35.1 Å². The van der Waals surface area contributed by atoms with Gasteiger partial charge in [-0.3, -0.25) is 9.59 Å². The topological polar surface area (TPSA) is 80.3 Å². The lowest BCUT2D eigenvalue weighted by Gasteiger charge is -2.08. The van der Waals surface area contributed by atoms with Crippen LogP contribution in [0.5, 0.6) is 5.75 Å². The Labute approximate surface area is 194 Å². The maximum Gasteiger partial charge on any atom is 0.255 e. The minimum atomic E-state index is -0.166. The Kier molecular flexibility index (Phi) is 6.72. The van der Waals surface area contributed by atoms with Gasteiger partial charge in [0.2, 0.25) is 5.91 Å². The Morgan fingerprint density at radius 2 is 1.88 bits per heavy atom. The zero-order valence-corrected chi connectivity index (χ0v) is 19.2. The van der Waals surface area contributed by atoms with Crippen LogP contribution in [0.1, 0.15) is 15.9 Å². The molecular formula is C24H21N3O3S2. The summed E-state index contributed by atoms with van der Waals surface area (Å²) in [5.74, 6) is 0.675. The Hall–Kier alpha value is -3.36. The third-order valence-corrected chi connectivity index (χ3v) is 6.51. The Balaban J connectivity index is 1.34. The van der Waals surface area contributed by atoms with Crippen LogP contribution >= 0.6 is 23.1 Å². The molecule has 0 aliphatic heterocycles. The van der Waals surface area contributed by atoms with E-state index in [1.54, 1.807) is 13.2 Å². The number of thioether (sulfide) groups is 1. The molecule has 162 valence electrons. The van der Waals surface area contributed by atoms with Gasteiger partial charge in [-0.2, -0.15) is 0 Å². The Morgan fingerprint density at radius 1 is 1.03 bits per heavy atom. The largest absolute Gasteiger partial charge is 0.497 e. The van der Waals surface area contributed by atoms with Crippen molar-refractivity contribution in [2.24, 2.45) is 0 Å². The summed E-state index contributed by atoms with van der Waals surface area (Å²) < 4.78 is 6.17. The smallest absolute Gasteiger partial charge is 0.255 e. The molecule has 0 bridgehead atoms. The van der Waals surface area contributed by atoms with Crippen LogP contribution in [0.4, 0.5) is 10.8 Å². The van der Waals surface area contributed by atoms with Crippen LogP contribution in [0.25, 0.3) is 10.2 Å². The predicted molar refractivity (Wildman–Crippen MR) is 131 cm³/mol. The van der Waals surface area contributed by atoms with Gasteiger partial charge in [-0.15, -0.1) is 11.8 Å². The molecule has 0 spiro atoms. The molecule has 2 N–H and O–H groups in total. The lowest BCUT2D eigenvalue weighted by atomic mass is 10.1. The summed E-state index contributed by atoms with van der Waals surface area (Å²) in [6.45, 7) is 1.95. The zero-order chi connectivity index (χ0) is 22.5. The molecule has 0 fully saturated rings. The molecule has 0 aliphatic carbocycles. The van der Waals surface area contributed by atoms with Gasteiger partial charge in [-0.05, 0) is 55.5 Å². The van der Waals surface area contributed by atoms with E-state index in [1.807, 2.05) is 67.6 Å². The second kappa shape index (κ2) is 9.84. The van der Waals surface area contributed by atoms with E-state index in [9.17, 15) is 9.59 Å². The van der Waals surface area contributed by atoms with Crippen molar-refractivity contribution in [1.29, 1.82) is 0 Å². The van der Waals surface area contributed by atoms with Crippen LogP contribution in [0.15, 0.2) is 71.6 Å². The average Bonchev–Trinajstić information content (AvgIpc) is 3.19. The lowest BCUT2D eigenvalue weighted by Crippen LogP contribution is -2.14. The van der Waals surface area contributed by atoms with E-state index in [-0.39, 0.29) is 17.6 Å². The summed E-state index contributed by atoms with van der Waals surface area (Å²) in [6.07, 6.45) is 0. The number of amides is 2. The van der Waals surface area contributed by atoms with E-state index in [0.717, 1.165) is 26.4 Å².